The van der Waals surface area contributed by atoms with Crippen molar-refractivity contribution in [3.05, 3.63) is 77.6 Å². The van der Waals surface area contributed by atoms with Crippen LogP contribution in [0.2, 0.25) is 0 Å². The van der Waals surface area contributed by atoms with E-state index in [-0.39, 0.29) is 17.6 Å². The Balaban J connectivity index is 1.89. The van der Waals surface area contributed by atoms with E-state index in [1.165, 1.54) is 12.1 Å². The summed E-state index contributed by atoms with van der Waals surface area (Å²) < 4.78 is 13.3. The molecule has 0 saturated carbocycles. The van der Waals surface area contributed by atoms with Gasteiger partial charge in [0, 0.05) is 6.54 Å². The smallest absolute Gasteiger partial charge is 0.227 e. The number of halogens is 1. The molecule has 2 aromatic carbocycles. The van der Waals surface area contributed by atoms with Gasteiger partial charge in [0.05, 0.1) is 5.92 Å². The summed E-state index contributed by atoms with van der Waals surface area (Å²) in [5.74, 6) is -1.28. The van der Waals surface area contributed by atoms with Crippen molar-refractivity contribution in [1.82, 2.24) is 5.32 Å². The highest BCUT2D eigenvalue weighted by Crippen LogP contribution is 2.16. The summed E-state index contributed by atoms with van der Waals surface area (Å²) in [6.45, 7) is 2.32. The zero-order chi connectivity index (χ0) is 17.4. The van der Waals surface area contributed by atoms with Crippen LogP contribution in [-0.4, -0.2) is 17.6 Å². The number of phenolic OH excluding ortho intramolecular Hbond substituents is 1. The van der Waals surface area contributed by atoms with Gasteiger partial charge in [0.15, 0.2) is 11.6 Å². The number of nitrogens with one attached hydrogen (secondary N) is 1. The monoisotopic (exact) mass is 327 g/mol. The van der Waals surface area contributed by atoms with Gasteiger partial charge in [0.1, 0.15) is 0 Å². The minimum absolute atomic E-state index is 0.0452. The van der Waals surface area contributed by atoms with Gasteiger partial charge in [0.2, 0.25) is 5.91 Å². The molecule has 0 aliphatic heterocycles. The SMILES string of the molecule is C/C=C/[C@@H](Cc1ccccc1)C(=O)NCCc1ccc(O)c(F)c1. The second kappa shape index (κ2) is 8.87. The number of carbonyl (C=O) groups is 1. The molecule has 0 aliphatic carbocycles. The van der Waals surface area contributed by atoms with E-state index in [0.29, 0.717) is 19.4 Å². The Hall–Kier alpha value is -2.62. The van der Waals surface area contributed by atoms with Crippen LogP contribution in [0.4, 0.5) is 4.39 Å². The molecule has 0 radical (unpaired) electrons. The summed E-state index contributed by atoms with van der Waals surface area (Å²) in [7, 11) is 0. The van der Waals surface area contributed by atoms with Crippen LogP contribution in [0.1, 0.15) is 18.1 Å². The minimum atomic E-state index is -0.644. The first-order valence-electron chi connectivity index (χ1n) is 8.02. The maximum Gasteiger partial charge on any atom is 0.227 e. The molecule has 1 amide bonds. The van der Waals surface area contributed by atoms with Crippen LogP contribution in [0.3, 0.4) is 0 Å². The number of amides is 1. The lowest BCUT2D eigenvalue weighted by Crippen LogP contribution is -2.32. The van der Waals surface area contributed by atoms with E-state index in [1.807, 2.05) is 49.4 Å². The van der Waals surface area contributed by atoms with Crippen LogP contribution in [0, 0.1) is 11.7 Å². The Morgan fingerprint density at radius 3 is 2.62 bits per heavy atom. The van der Waals surface area contributed by atoms with Crippen LogP contribution in [-0.2, 0) is 17.6 Å². The molecule has 2 aromatic rings. The van der Waals surface area contributed by atoms with Crippen LogP contribution in [0.25, 0.3) is 0 Å². The molecule has 2 rings (SSSR count). The molecule has 0 fully saturated rings. The fourth-order valence-electron chi connectivity index (χ4n) is 2.52. The summed E-state index contributed by atoms with van der Waals surface area (Å²) in [6.07, 6.45) is 4.92. The van der Waals surface area contributed by atoms with E-state index in [1.54, 1.807) is 6.07 Å². The molecule has 3 nitrogen and oxygen atoms in total. The Labute approximate surface area is 141 Å². The molecule has 2 N–H and O–H groups in total. The number of phenols is 1. The molecule has 0 saturated heterocycles. The molecule has 24 heavy (non-hydrogen) atoms. The highest BCUT2D eigenvalue weighted by Gasteiger charge is 2.15. The van der Waals surface area contributed by atoms with Crippen LogP contribution in [0.5, 0.6) is 5.75 Å². The van der Waals surface area contributed by atoms with Crippen LogP contribution in [0.15, 0.2) is 60.7 Å². The lowest BCUT2D eigenvalue weighted by Gasteiger charge is -2.13. The summed E-state index contributed by atoms with van der Waals surface area (Å²) in [4.78, 5) is 12.4. The fourth-order valence-corrected chi connectivity index (χ4v) is 2.52. The van der Waals surface area contributed by atoms with E-state index in [9.17, 15) is 14.3 Å². The van der Waals surface area contributed by atoms with Gasteiger partial charge in [-0.2, -0.15) is 0 Å². The largest absolute Gasteiger partial charge is 0.505 e. The van der Waals surface area contributed by atoms with Crippen molar-refractivity contribution in [3.8, 4) is 5.75 Å². The molecule has 0 unspecified atom stereocenters. The number of rotatable bonds is 7. The Kier molecular flexibility index (Phi) is 6.55. The first-order valence-corrected chi connectivity index (χ1v) is 8.02. The molecular formula is C20H22FNO2. The first kappa shape index (κ1) is 17.7. The van der Waals surface area contributed by atoms with Crippen LogP contribution < -0.4 is 5.32 Å². The van der Waals surface area contributed by atoms with E-state index >= 15 is 0 Å². The van der Waals surface area contributed by atoms with E-state index in [2.05, 4.69) is 5.32 Å². The molecule has 0 aromatic heterocycles. The number of aromatic hydroxyl groups is 1. The van der Waals surface area contributed by atoms with Gasteiger partial charge in [0.25, 0.3) is 0 Å². The van der Waals surface area contributed by atoms with Gasteiger partial charge in [-0.3, -0.25) is 4.79 Å². The quantitative estimate of drug-likeness (QED) is 0.763. The second-order valence-electron chi connectivity index (χ2n) is 5.65. The maximum absolute atomic E-state index is 13.3. The van der Waals surface area contributed by atoms with Crippen LogP contribution >= 0.6 is 0 Å². The minimum Gasteiger partial charge on any atom is -0.505 e. The molecule has 4 heteroatoms. The third-order valence-electron chi connectivity index (χ3n) is 3.78. The van der Waals surface area contributed by atoms with Gasteiger partial charge in [-0.05, 0) is 43.0 Å². The van der Waals surface area contributed by atoms with Gasteiger partial charge < -0.3 is 10.4 Å². The molecule has 0 spiro atoms. The fraction of sp³-hybridized carbons (Fsp3) is 0.250. The van der Waals surface area contributed by atoms with E-state index in [4.69, 9.17) is 0 Å². The Bertz CT molecular complexity index is 698. The predicted octanol–water partition coefficient (Wildman–Crippen LogP) is 3.63. The lowest BCUT2D eigenvalue weighted by atomic mass is 9.98. The molecule has 0 aliphatic rings. The molecule has 126 valence electrons. The molecule has 1 atom stereocenters. The van der Waals surface area contributed by atoms with E-state index in [0.717, 1.165) is 11.1 Å². The number of benzene rings is 2. The average molecular weight is 327 g/mol. The number of hydrogen-bond acceptors (Lipinski definition) is 2. The highest BCUT2D eigenvalue weighted by atomic mass is 19.1. The number of hydrogen-bond donors (Lipinski definition) is 2. The van der Waals surface area contributed by atoms with Gasteiger partial charge in [-0.25, -0.2) is 4.39 Å². The van der Waals surface area contributed by atoms with Crippen molar-refractivity contribution in [2.45, 2.75) is 19.8 Å². The van der Waals surface area contributed by atoms with Gasteiger partial charge >= 0.3 is 0 Å². The van der Waals surface area contributed by atoms with Gasteiger partial charge in [-0.15, -0.1) is 0 Å². The normalized spacial score (nSPS) is 12.2. The maximum atomic E-state index is 13.3. The number of allylic oxidation sites excluding steroid dienone is 1. The Morgan fingerprint density at radius 2 is 1.96 bits per heavy atom. The van der Waals surface area contributed by atoms with Crippen molar-refractivity contribution in [2.24, 2.45) is 5.92 Å². The summed E-state index contributed by atoms with van der Waals surface area (Å²) in [6, 6.07) is 14.1. The van der Waals surface area contributed by atoms with Crippen molar-refractivity contribution in [3.63, 3.8) is 0 Å². The lowest BCUT2D eigenvalue weighted by molar-refractivity contribution is -0.123. The topological polar surface area (TPSA) is 49.3 Å². The standard InChI is InChI=1S/C20H22FNO2/c1-2-6-17(13-15-7-4-3-5-8-15)20(24)22-12-11-16-9-10-19(23)18(21)14-16/h2-10,14,17,23H,11-13H2,1H3,(H,22,24)/b6-2+/t17-/m0/s1. The van der Waals surface area contributed by atoms with Crippen molar-refractivity contribution in [2.75, 3.05) is 6.54 Å². The van der Waals surface area contributed by atoms with Crippen molar-refractivity contribution < 1.29 is 14.3 Å². The molecular weight excluding hydrogens is 305 g/mol. The number of carbonyl (C=O) groups excluding carboxylic acids is 1. The average Bonchev–Trinajstić information content (AvgIpc) is 2.58. The summed E-state index contributed by atoms with van der Waals surface area (Å²) in [5.41, 5.74) is 1.84. The van der Waals surface area contributed by atoms with Gasteiger partial charge in [-0.1, -0.05) is 48.6 Å². The summed E-state index contributed by atoms with van der Waals surface area (Å²) >= 11 is 0. The van der Waals surface area contributed by atoms with Crippen molar-refractivity contribution in [1.29, 1.82) is 0 Å². The predicted molar refractivity (Wildman–Crippen MR) is 93.2 cm³/mol. The summed E-state index contributed by atoms with van der Waals surface area (Å²) in [5, 5.41) is 12.1. The zero-order valence-corrected chi connectivity index (χ0v) is 13.7. The van der Waals surface area contributed by atoms with E-state index < -0.39 is 5.82 Å². The van der Waals surface area contributed by atoms with Crippen molar-refractivity contribution >= 4 is 5.91 Å². The first-order chi connectivity index (χ1) is 11.6. The third-order valence-corrected chi connectivity index (χ3v) is 3.78. The second-order valence-corrected chi connectivity index (χ2v) is 5.65. The molecule has 0 heterocycles. The highest BCUT2D eigenvalue weighted by molar-refractivity contribution is 5.80. The third kappa shape index (κ3) is 5.23. The zero-order valence-electron chi connectivity index (χ0n) is 13.7. The Morgan fingerprint density at radius 1 is 1.21 bits per heavy atom. The molecule has 0 bridgehead atoms.